The van der Waals surface area contributed by atoms with E-state index in [1.165, 1.54) is 0 Å². The Morgan fingerprint density at radius 3 is 2.71 bits per heavy atom. The third-order valence-corrected chi connectivity index (χ3v) is 2.21. The quantitative estimate of drug-likeness (QED) is 0.547. The molecule has 0 aliphatic rings. The van der Waals surface area contributed by atoms with Crippen LogP contribution in [-0.2, 0) is 0 Å². The molecule has 0 aliphatic carbocycles. The first-order valence-electron chi connectivity index (χ1n) is 4.58. The topological polar surface area (TPSA) is 47.3 Å². The number of nitrogen functional groups attached to an aromatic ring is 1. The molecule has 0 amide bonds. The molecular weight excluding hydrogens is 175 g/mol. The van der Waals surface area contributed by atoms with Crippen LogP contribution in [0.5, 0.6) is 5.75 Å². The summed E-state index contributed by atoms with van der Waals surface area (Å²) in [5.41, 5.74) is 8.94. The molecule has 0 saturated heterocycles. The van der Waals surface area contributed by atoms with Gasteiger partial charge in [-0.05, 0) is 25.5 Å². The van der Waals surface area contributed by atoms with E-state index in [4.69, 9.17) is 18.3 Å². The summed E-state index contributed by atoms with van der Waals surface area (Å²) in [6, 6.07) is 1.78. The number of anilines is 2. The predicted octanol–water partition coefficient (Wildman–Crippen LogP) is 0.811. The lowest BCUT2D eigenvalue weighted by atomic mass is 9.89. The van der Waals surface area contributed by atoms with Gasteiger partial charge in [0, 0.05) is 6.54 Å². The highest BCUT2D eigenvalue weighted by atomic mass is 16.5. The molecule has 0 heterocycles. The Hall–Kier alpha value is -1.32. The van der Waals surface area contributed by atoms with Gasteiger partial charge in [0.15, 0.2) is 0 Å². The summed E-state index contributed by atoms with van der Waals surface area (Å²) in [7, 11) is 7.38. The minimum absolute atomic E-state index is 0.654. The van der Waals surface area contributed by atoms with Crippen LogP contribution in [0.1, 0.15) is 12.5 Å². The maximum Gasteiger partial charge on any atom is 0.143 e. The lowest BCUT2D eigenvalue weighted by molar-refractivity contribution is 0.417. The molecule has 0 fully saturated rings. The van der Waals surface area contributed by atoms with E-state index in [0.717, 1.165) is 17.8 Å². The van der Waals surface area contributed by atoms with Crippen molar-refractivity contribution in [2.75, 3.05) is 24.7 Å². The van der Waals surface area contributed by atoms with Crippen molar-refractivity contribution in [3.8, 4) is 5.75 Å². The summed E-state index contributed by atoms with van der Waals surface area (Å²) in [6.07, 6.45) is 0. The second kappa shape index (κ2) is 4.27. The smallest absolute Gasteiger partial charge is 0.143 e. The molecule has 0 saturated carbocycles. The van der Waals surface area contributed by atoms with Crippen LogP contribution in [0.4, 0.5) is 11.4 Å². The van der Waals surface area contributed by atoms with Gasteiger partial charge in [0.05, 0.1) is 12.8 Å². The van der Waals surface area contributed by atoms with Crippen molar-refractivity contribution in [3.63, 3.8) is 0 Å². The molecule has 0 bridgehead atoms. The monoisotopic (exact) mass is 190 g/mol. The lowest BCUT2D eigenvalue weighted by Crippen LogP contribution is -2.14. The zero-order valence-corrected chi connectivity index (χ0v) is 8.85. The van der Waals surface area contributed by atoms with Crippen molar-refractivity contribution >= 4 is 24.7 Å². The Morgan fingerprint density at radius 1 is 1.57 bits per heavy atom. The number of hydrogen-bond acceptors (Lipinski definition) is 3. The fourth-order valence-corrected chi connectivity index (χ4v) is 1.32. The summed E-state index contributed by atoms with van der Waals surface area (Å²) in [5.74, 6) is 0.687. The molecule has 0 aliphatic heterocycles. The number of benzene rings is 1. The fourth-order valence-electron chi connectivity index (χ4n) is 1.32. The summed E-state index contributed by atoms with van der Waals surface area (Å²) >= 11 is 0. The average Bonchev–Trinajstić information content (AvgIpc) is 2.19. The Kier molecular flexibility index (Phi) is 3.28. The molecule has 0 unspecified atom stereocenters. The zero-order chi connectivity index (χ0) is 10.7. The average molecular weight is 190 g/mol. The first kappa shape index (κ1) is 10.8. The molecule has 0 spiro atoms. The summed E-state index contributed by atoms with van der Waals surface area (Å²) < 4.78 is 5.19. The maximum absolute atomic E-state index is 5.92. The van der Waals surface area contributed by atoms with Crippen molar-refractivity contribution in [1.29, 1.82) is 0 Å². The minimum atomic E-state index is 0.654. The van der Waals surface area contributed by atoms with Gasteiger partial charge < -0.3 is 15.8 Å². The molecule has 2 radical (unpaired) electrons. The van der Waals surface area contributed by atoms with E-state index in [9.17, 15) is 0 Å². The third kappa shape index (κ3) is 1.79. The van der Waals surface area contributed by atoms with E-state index >= 15 is 0 Å². The number of methoxy groups -OCH3 is 1. The van der Waals surface area contributed by atoms with Crippen LogP contribution >= 0.6 is 0 Å². The van der Waals surface area contributed by atoms with Crippen LogP contribution in [0.3, 0.4) is 0 Å². The van der Waals surface area contributed by atoms with Gasteiger partial charge in [0.2, 0.25) is 0 Å². The van der Waals surface area contributed by atoms with E-state index in [2.05, 4.69) is 5.32 Å². The molecular formula is C10H15BN2O. The number of ether oxygens (including phenoxy) is 1. The largest absolute Gasteiger partial charge is 0.495 e. The molecule has 4 heteroatoms. The van der Waals surface area contributed by atoms with Crippen LogP contribution in [0.2, 0.25) is 0 Å². The van der Waals surface area contributed by atoms with Gasteiger partial charge >= 0.3 is 0 Å². The summed E-state index contributed by atoms with van der Waals surface area (Å²) in [4.78, 5) is 0. The van der Waals surface area contributed by atoms with Crippen molar-refractivity contribution < 1.29 is 4.74 Å². The van der Waals surface area contributed by atoms with Crippen molar-refractivity contribution in [3.05, 3.63) is 11.6 Å². The van der Waals surface area contributed by atoms with Crippen molar-refractivity contribution in [1.82, 2.24) is 0 Å². The molecule has 0 atom stereocenters. The van der Waals surface area contributed by atoms with Crippen molar-refractivity contribution in [2.45, 2.75) is 13.8 Å². The van der Waals surface area contributed by atoms with E-state index in [-0.39, 0.29) is 0 Å². The third-order valence-electron chi connectivity index (χ3n) is 2.21. The number of hydrogen-bond donors (Lipinski definition) is 2. The van der Waals surface area contributed by atoms with E-state index in [1.807, 2.05) is 13.8 Å². The van der Waals surface area contributed by atoms with E-state index < -0.39 is 0 Å². The van der Waals surface area contributed by atoms with Crippen LogP contribution in [-0.4, -0.2) is 21.5 Å². The van der Waals surface area contributed by atoms with Gasteiger partial charge in [-0.2, -0.15) is 0 Å². The Balaban J connectivity index is 3.29. The molecule has 1 aromatic rings. The lowest BCUT2D eigenvalue weighted by Gasteiger charge is -2.16. The molecule has 14 heavy (non-hydrogen) atoms. The highest BCUT2D eigenvalue weighted by Gasteiger charge is 2.10. The van der Waals surface area contributed by atoms with Crippen LogP contribution in [0.25, 0.3) is 0 Å². The second-order valence-corrected chi connectivity index (χ2v) is 3.11. The summed E-state index contributed by atoms with van der Waals surface area (Å²) in [6.45, 7) is 4.69. The molecule has 0 aromatic heterocycles. The van der Waals surface area contributed by atoms with Gasteiger partial charge in [0.1, 0.15) is 19.3 Å². The Morgan fingerprint density at radius 2 is 2.21 bits per heavy atom. The Labute approximate surface area is 86.0 Å². The number of nitrogens with two attached hydrogens (primary N) is 1. The van der Waals surface area contributed by atoms with Gasteiger partial charge in [-0.1, -0.05) is 5.46 Å². The van der Waals surface area contributed by atoms with E-state index in [1.54, 1.807) is 13.2 Å². The molecule has 74 valence electrons. The highest BCUT2D eigenvalue weighted by Crippen LogP contribution is 2.31. The van der Waals surface area contributed by atoms with Gasteiger partial charge in [-0.25, -0.2) is 0 Å². The molecule has 1 rings (SSSR count). The van der Waals surface area contributed by atoms with Crippen LogP contribution in [0.15, 0.2) is 6.07 Å². The maximum atomic E-state index is 5.92. The van der Waals surface area contributed by atoms with Crippen molar-refractivity contribution in [2.24, 2.45) is 0 Å². The van der Waals surface area contributed by atoms with Crippen LogP contribution < -0.4 is 21.3 Å². The molecule has 3 N–H and O–H groups in total. The van der Waals surface area contributed by atoms with E-state index in [0.29, 0.717) is 16.9 Å². The van der Waals surface area contributed by atoms with Gasteiger partial charge in [-0.3, -0.25) is 0 Å². The Bertz CT molecular complexity index is 339. The standard InChI is InChI=1S/C10H15BN2O/c1-4-13-10-8(14-3)5-7(11)6(2)9(10)12/h5,13H,4,12H2,1-3H3. The first-order chi connectivity index (χ1) is 6.61. The highest BCUT2D eigenvalue weighted by molar-refractivity contribution is 6.34. The second-order valence-electron chi connectivity index (χ2n) is 3.11. The number of nitrogens with one attached hydrogen (secondary N) is 1. The predicted molar refractivity (Wildman–Crippen MR) is 61.7 cm³/mol. The van der Waals surface area contributed by atoms with Gasteiger partial charge in [0.25, 0.3) is 0 Å². The first-order valence-corrected chi connectivity index (χ1v) is 4.58. The number of rotatable bonds is 3. The summed E-state index contributed by atoms with van der Waals surface area (Å²) in [5, 5.41) is 3.16. The van der Waals surface area contributed by atoms with Gasteiger partial charge in [-0.15, -0.1) is 0 Å². The SMILES string of the molecule is [B]c1cc(OC)c(NCC)c(N)c1C. The fraction of sp³-hybridized carbons (Fsp3) is 0.400. The zero-order valence-electron chi connectivity index (χ0n) is 8.85. The van der Waals surface area contributed by atoms with Crippen LogP contribution in [0, 0.1) is 6.92 Å². The normalized spacial score (nSPS) is 9.93. The molecule has 1 aromatic carbocycles. The minimum Gasteiger partial charge on any atom is -0.495 e. The molecule has 3 nitrogen and oxygen atoms in total.